The summed E-state index contributed by atoms with van der Waals surface area (Å²) in [6, 6.07) is 9.49. The van der Waals surface area contributed by atoms with Gasteiger partial charge in [-0.2, -0.15) is 0 Å². The lowest BCUT2D eigenvalue weighted by Crippen LogP contribution is -1.99. The lowest BCUT2D eigenvalue weighted by atomic mass is 10.3. The summed E-state index contributed by atoms with van der Waals surface area (Å²) in [5.41, 5.74) is 6.18. The van der Waals surface area contributed by atoms with Crippen LogP contribution in [0.1, 0.15) is 33.1 Å². The standard InChI is InChI=1S/C7H14O2.C6H7N/c1-3-4-5-6-9-7(2)8;7-6-4-2-1-3-5-6/h3-6H2,1-2H3;1-5H,7H2. The van der Waals surface area contributed by atoms with Crippen molar-refractivity contribution in [3.63, 3.8) is 0 Å². The maximum Gasteiger partial charge on any atom is 0.302 e. The van der Waals surface area contributed by atoms with Crippen LogP contribution in [0.15, 0.2) is 30.3 Å². The highest BCUT2D eigenvalue weighted by Crippen LogP contribution is 1.96. The molecule has 0 aliphatic carbocycles. The van der Waals surface area contributed by atoms with Crippen LogP contribution < -0.4 is 5.73 Å². The van der Waals surface area contributed by atoms with Gasteiger partial charge in [0.2, 0.25) is 0 Å². The number of benzene rings is 1. The Bertz CT molecular complexity index is 273. The van der Waals surface area contributed by atoms with Crippen molar-refractivity contribution < 1.29 is 9.53 Å². The molecular formula is C13H21NO2. The van der Waals surface area contributed by atoms with Gasteiger partial charge in [-0.25, -0.2) is 0 Å². The number of esters is 1. The third kappa shape index (κ3) is 10.6. The molecular weight excluding hydrogens is 202 g/mol. The first kappa shape index (κ1) is 14.5. The van der Waals surface area contributed by atoms with Gasteiger partial charge >= 0.3 is 5.97 Å². The molecule has 1 aromatic rings. The summed E-state index contributed by atoms with van der Waals surface area (Å²) in [5.74, 6) is -0.175. The molecule has 90 valence electrons. The number of rotatable bonds is 4. The maximum atomic E-state index is 10.2. The zero-order chi connectivity index (χ0) is 12.2. The van der Waals surface area contributed by atoms with Crippen LogP contribution in [-0.4, -0.2) is 12.6 Å². The molecule has 0 radical (unpaired) electrons. The van der Waals surface area contributed by atoms with Crippen LogP contribution in [-0.2, 0) is 9.53 Å². The van der Waals surface area contributed by atoms with E-state index in [-0.39, 0.29) is 5.97 Å². The molecule has 1 aromatic carbocycles. The molecule has 16 heavy (non-hydrogen) atoms. The number of unbranched alkanes of at least 4 members (excludes halogenated alkanes) is 2. The van der Waals surface area contributed by atoms with Crippen molar-refractivity contribution in [1.82, 2.24) is 0 Å². The van der Waals surface area contributed by atoms with Crippen LogP contribution >= 0.6 is 0 Å². The molecule has 0 spiro atoms. The van der Waals surface area contributed by atoms with Crippen molar-refractivity contribution in [1.29, 1.82) is 0 Å². The summed E-state index contributed by atoms with van der Waals surface area (Å²) in [6.45, 7) is 4.14. The van der Waals surface area contributed by atoms with E-state index in [1.807, 2.05) is 30.3 Å². The molecule has 0 atom stereocenters. The molecule has 0 saturated heterocycles. The highest BCUT2D eigenvalue weighted by molar-refractivity contribution is 5.65. The van der Waals surface area contributed by atoms with Gasteiger partial charge < -0.3 is 10.5 Å². The molecule has 0 aliphatic rings. The van der Waals surface area contributed by atoms with Gasteiger partial charge in [0.15, 0.2) is 0 Å². The van der Waals surface area contributed by atoms with Crippen molar-refractivity contribution in [2.24, 2.45) is 0 Å². The predicted molar refractivity (Wildman–Crippen MR) is 67.0 cm³/mol. The summed E-state index contributed by atoms with van der Waals surface area (Å²) in [5, 5.41) is 0. The molecule has 0 saturated carbocycles. The Morgan fingerprint density at radius 2 is 1.88 bits per heavy atom. The van der Waals surface area contributed by atoms with E-state index in [4.69, 9.17) is 10.5 Å². The molecule has 0 heterocycles. The first-order valence-corrected chi connectivity index (χ1v) is 5.60. The molecule has 0 bridgehead atoms. The van der Waals surface area contributed by atoms with Gasteiger partial charge in [0.25, 0.3) is 0 Å². The van der Waals surface area contributed by atoms with Crippen molar-refractivity contribution >= 4 is 11.7 Å². The molecule has 0 aromatic heterocycles. The van der Waals surface area contributed by atoms with Crippen LogP contribution in [0.25, 0.3) is 0 Å². The average Bonchev–Trinajstić information content (AvgIpc) is 2.26. The van der Waals surface area contributed by atoms with Crippen LogP contribution in [0.5, 0.6) is 0 Å². The summed E-state index contributed by atoms with van der Waals surface area (Å²) in [7, 11) is 0. The van der Waals surface area contributed by atoms with Crippen LogP contribution in [0.2, 0.25) is 0 Å². The van der Waals surface area contributed by atoms with Crippen molar-refractivity contribution in [2.45, 2.75) is 33.1 Å². The van der Waals surface area contributed by atoms with Gasteiger partial charge in [-0.3, -0.25) is 4.79 Å². The Labute approximate surface area is 97.6 Å². The van der Waals surface area contributed by atoms with E-state index in [9.17, 15) is 4.79 Å². The Morgan fingerprint density at radius 3 is 2.25 bits per heavy atom. The lowest BCUT2D eigenvalue weighted by Gasteiger charge is -1.98. The first-order valence-electron chi connectivity index (χ1n) is 5.60. The topological polar surface area (TPSA) is 52.3 Å². The Hall–Kier alpha value is -1.51. The molecule has 3 heteroatoms. The number of nitrogen functional groups attached to an aromatic ring is 1. The Morgan fingerprint density at radius 1 is 1.25 bits per heavy atom. The molecule has 0 unspecified atom stereocenters. The Balaban J connectivity index is 0.000000288. The van der Waals surface area contributed by atoms with Crippen LogP contribution in [0, 0.1) is 0 Å². The summed E-state index contributed by atoms with van der Waals surface area (Å²) >= 11 is 0. The van der Waals surface area contributed by atoms with E-state index in [0.29, 0.717) is 6.61 Å². The van der Waals surface area contributed by atoms with Crippen molar-refractivity contribution in [3.05, 3.63) is 30.3 Å². The number of hydrogen-bond acceptors (Lipinski definition) is 3. The number of hydrogen-bond donors (Lipinski definition) is 1. The van der Waals surface area contributed by atoms with Gasteiger partial charge in [-0.1, -0.05) is 38.0 Å². The third-order valence-corrected chi connectivity index (χ3v) is 1.85. The number of anilines is 1. The van der Waals surface area contributed by atoms with Gasteiger partial charge in [-0.15, -0.1) is 0 Å². The number of carbonyl (C=O) groups is 1. The second-order valence-electron chi connectivity index (χ2n) is 3.46. The molecule has 3 nitrogen and oxygen atoms in total. The van der Waals surface area contributed by atoms with Crippen molar-refractivity contribution in [2.75, 3.05) is 12.3 Å². The largest absolute Gasteiger partial charge is 0.466 e. The predicted octanol–water partition coefficient (Wildman–Crippen LogP) is 3.01. The van der Waals surface area contributed by atoms with E-state index in [0.717, 1.165) is 18.5 Å². The smallest absolute Gasteiger partial charge is 0.302 e. The normalized spacial score (nSPS) is 8.88. The minimum atomic E-state index is -0.175. The summed E-state index contributed by atoms with van der Waals surface area (Å²) in [4.78, 5) is 10.2. The quantitative estimate of drug-likeness (QED) is 0.485. The van der Waals surface area contributed by atoms with Crippen LogP contribution in [0.3, 0.4) is 0 Å². The first-order chi connectivity index (χ1) is 7.66. The van der Waals surface area contributed by atoms with E-state index < -0.39 is 0 Å². The van der Waals surface area contributed by atoms with Gasteiger partial charge in [0.05, 0.1) is 6.61 Å². The number of nitrogens with two attached hydrogens (primary N) is 1. The highest BCUT2D eigenvalue weighted by Gasteiger charge is 1.89. The molecule has 0 amide bonds. The zero-order valence-electron chi connectivity index (χ0n) is 10.1. The number of para-hydroxylation sites is 1. The molecule has 0 fully saturated rings. The van der Waals surface area contributed by atoms with E-state index in [2.05, 4.69) is 6.92 Å². The number of ether oxygens (including phenoxy) is 1. The SMILES string of the molecule is CCCCCOC(C)=O.Nc1ccccc1. The second-order valence-corrected chi connectivity index (χ2v) is 3.46. The second kappa shape index (κ2) is 10.0. The van der Waals surface area contributed by atoms with Gasteiger partial charge in [-0.05, 0) is 18.6 Å². The summed E-state index contributed by atoms with van der Waals surface area (Å²) in [6.07, 6.45) is 3.31. The monoisotopic (exact) mass is 223 g/mol. The fraction of sp³-hybridized carbons (Fsp3) is 0.462. The fourth-order valence-electron chi connectivity index (χ4n) is 1.02. The minimum absolute atomic E-state index is 0.175. The molecule has 1 rings (SSSR count). The third-order valence-electron chi connectivity index (χ3n) is 1.85. The number of carbonyl (C=O) groups excluding carboxylic acids is 1. The summed E-state index contributed by atoms with van der Waals surface area (Å²) < 4.78 is 4.70. The maximum absolute atomic E-state index is 10.2. The van der Waals surface area contributed by atoms with Crippen LogP contribution in [0.4, 0.5) is 5.69 Å². The molecule has 2 N–H and O–H groups in total. The van der Waals surface area contributed by atoms with Gasteiger partial charge in [0.1, 0.15) is 0 Å². The highest BCUT2D eigenvalue weighted by atomic mass is 16.5. The van der Waals surface area contributed by atoms with Crippen molar-refractivity contribution in [3.8, 4) is 0 Å². The Kier molecular flexibility index (Phi) is 9.08. The average molecular weight is 223 g/mol. The molecule has 0 aliphatic heterocycles. The minimum Gasteiger partial charge on any atom is -0.466 e. The zero-order valence-corrected chi connectivity index (χ0v) is 10.1. The van der Waals surface area contributed by atoms with E-state index in [1.165, 1.54) is 13.3 Å². The lowest BCUT2D eigenvalue weighted by molar-refractivity contribution is -0.141. The van der Waals surface area contributed by atoms with Gasteiger partial charge in [0, 0.05) is 12.6 Å². The van der Waals surface area contributed by atoms with E-state index in [1.54, 1.807) is 0 Å². The van der Waals surface area contributed by atoms with E-state index >= 15 is 0 Å². The fourth-order valence-corrected chi connectivity index (χ4v) is 1.02.